The molecule has 2 unspecified atom stereocenters. The highest BCUT2D eigenvalue weighted by Gasteiger charge is 2.55. The Bertz CT molecular complexity index is 598. The van der Waals surface area contributed by atoms with Crippen LogP contribution in [0.25, 0.3) is 0 Å². The lowest BCUT2D eigenvalue weighted by Crippen LogP contribution is -2.46. The molecule has 5 nitrogen and oxygen atoms in total. The monoisotopic (exact) mass is 289 g/mol. The second-order valence-electron chi connectivity index (χ2n) is 5.61. The van der Waals surface area contributed by atoms with Gasteiger partial charge in [-0.05, 0) is 43.0 Å². The summed E-state index contributed by atoms with van der Waals surface area (Å²) in [4.78, 5) is 24.2. The summed E-state index contributed by atoms with van der Waals surface area (Å²) in [6.07, 6.45) is 1.97. The summed E-state index contributed by atoms with van der Waals surface area (Å²) in [7, 11) is 1.62. The lowest BCUT2D eigenvalue weighted by atomic mass is 9.75. The summed E-state index contributed by atoms with van der Waals surface area (Å²) in [5, 5.41) is 2.80. The van der Waals surface area contributed by atoms with Crippen LogP contribution in [-0.4, -0.2) is 31.6 Å². The molecule has 1 aromatic rings. The van der Waals surface area contributed by atoms with E-state index in [1.165, 1.54) is 5.56 Å². The molecule has 1 aliphatic heterocycles. The molecule has 0 bridgehead atoms. The van der Waals surface area contributed by atoms with Gasteiger partial charge in [0.15, 0.2) is 0 Å². The quantitative estimate of drug-likeness (QED) is 0.853. The first-order valence-corrected chi connectivity index (χ1v) is 7.24. The highest BCUT2D eigenvalue weighted by atomic mass is 16.5. The minimum atomic E-state index is -0.599. The number of benzene rings is 1. The van der Waals surface area contributed by atoms with E-state index in [-0.39, 0.29) is 11.9 Å². The maximum absolute atomic E-state index is 12.2. The molecule has 1 aliphatic carbocycles. The predicted octanol–water partition coefficient (Wildman–Crippen LogP) is 1.33. The number of amides is 1. The van der Waals surface area contributed by atoms with Crippen molar-refractivity contribution in [1.29, 1.82) is 0 Å². The minimum absolute atomic E-state index is 0.0938. The Morgan fingerprint density at radius 1 is 1.48 bits per heavy atom. The summed E-state index contributed by atoms with van der Waals surface area (Å²) in [5.41, 5.74) is 1.73. The van der Waals surface area contributed by atoms with Crippen LogP contribution < -0.4 is 10.1 Å². The van der Waals surface area contributed by atoms with Crippen molar-refractivity contribution >= 4 is 11.9 Å². The molecule has 1 amide bonds. The molecule has 112 valence electrons. The zero-order valence-corrected chi connectivity index (χ0v) is 12.3. The van der Waals surface area contributed by atoms with E-state index in [4.69, 9.17) is 9.47 Å². The molecule has 1 N–H and O–H groups in total. The second-order valence-corrected chi connectivity index (χ2v) is 5.61. The standard InChI is InChI=1S/C16H19NO4/c1-3-21-15(19)14-16(9-13(18)17-14)7-6-10-4-5-11(20-2)8-12(10)16/h4-5,8,14H,3,6-7,9H2,1-2H3,(H,17,18). The van der Waals surface area contributed by atoms with Crippen LogP contribution in [-0.2, 0) is 26.2 Å². The first kappa shape index (κ1) is 13.9. The van der Waals surface area contributed by atoms with Gasteiger partial charge >= 0.3 is 5.97 Å². The maximum atomic E-state index is 12.2. The van der Waals surface area contributed by atoms with E-state index in [0.29, 0.717) is 13.0 Å². The normalized spacial score (nSPS) is 26.6. The zero-order chi connectivity index (χ0) is 15.0. The molecule has 0 aromatic heterocycles. The Kier molecular flexibility index (Phi) is 3.35. The van der Waals surface area contributed by atoms with Gasteiger partial charge in [-0.15, -0.1) is 0 Å². The van der Waals surface area contributed by atoms with Gasteiger partial charge in [-0.2, -0.15) is 0 Å². The van der Waals surface area contributed by atoms with Crippen molar-refractivity contribution in [2.45, 2.75) is 37.6 Å². The molecule has 1 saturated heterocycles. The van der Waals surface area contributed by atoms with Gasteiger partial charge < -0.3 is 14.8 Å². The second kappa shape index (κ2) is 5.06. The fourth-order valence-corrected chi connectivity index (χ4v) is 3.59. The number of methoxy groups -OCH3 is 1. The van der Waals surface area contributed by atoms with Gasteiger partial charge in [0.05, 0.1) is 13.7 Å². The molecular weight excluding hydrogens is 270 g/mol. The van der Waals surface area contributed by atoms with Crippen LogP contribution in [0.15, 0.2) is 18.2 Å². The molecule has 3 rings (SSSR count). The molecule has 21 heavy (non-hydrogen) atoms. The molecule has 5 heteroatoms. The number of carbonyl (C=O) groups excluding carboxylic acids is 2. The van der Waals surface area contributed by atoms with Crippen molar-refractivity contribution < 1.29 is 19.1 Å². The van der Waals surface area contributed by atoms with Crippen molar-refractivity contribution in [3.8, 4) is 5.75 Å². The molecular formula is C16H19NO4. The molecule has 2 atom stereocenters. The third-order valence-corrected chi connectivity index (χ3v) is 4.55. The number of rotatable bonds is 3. The number of nitrogens with one attached hydrogen (secondary N) is 1. The number of esters is 1. The summed E-state index contributed by atoms with van der Waals surface area (Å²) in [6.45, 7) is 2.08. The smallest absolute Gasteiger partial charge is 0.329 e. The highest BCUT2D eigenvalue weighted by Crippen LogP contribution is 2.48. The van der Waals surface area contributed by atoms with E-state index in [2.05, 4.69) is 5.32 Å². The maximum Gasteiger partial charge on any atom is 0.329 e. The molecule has 2 aliphatic rings. The molecule has 0 radical (unpaired) electrons. The molecule has 1 heterocycles. The van der Waals surface area contributed by atoms with E-state index in [0.717, 1.165) is 24.2 Å². The lowest BCUT2D eigenvalue weighted by Gasteiger charge is -2.29. The zero-order valence-electron chi connectivity index (χ0n) is 12.3. The van der Waals surface area contributed by atoms with Gasteiger partial charge in [0.2, 0.25) is 5.91 Å². The van der Waals surface area contributed by atoms with Crippen molar-refractivity contribution in [3.63, 3.8) is 0 Å². The summed E-state index contributed by atoms with van der Waals surface area (Å²) in [6, 6.07) is 5.29. The molecule has 1 spiro atoms. The van der Waals surface area contributed by atoms with Gasteiger partial charge in [0, 0.05) is 11.8 Å². The van der Waals surface area contributed by atoms with Gasteiger partial charge in [-0.25, -0.2) is 4.79 Å². The van der Waals surface area contributed by atoms with Gasteiger partial charge in [0.1, 0.15) is 11.8 Å². The van der Waals surface area contributed by atoms with Crippen molar-refractivity contribution in [2.75, 3.05) is 13.7 Å². The molecule has 1 aromatic carbocycles. The Balaban J connectivity index is 2.05. The number of fused-ring (bicyclic) bond motifs is 2. The summed E-state index contributed by atoms with van der Waals surface area (Å²) >= 11 is 0. The van der Waals surface area contributed by atoms with Gasteiger partial charge in [-0.1, -0.05) is 6.07 Å². The van der Waals surface area contributed by atoms with Crippen LogP contribution >= 0.6 is 0 Å². The average molecular weight is 289 g/mol. The van der Waals surface area contributed by atoms with Crippen LogP contribution in [0.4, 0.5) is 0 Å². The lowest BCUT2D eigenvalue weighted by molar-refractivity contribution is -0.147. The molecule has 1 fully saturated rings. The number of aryl methyl sites for hydroxylation is 1. The topological polar surface area (TPSA) is 64.6 Å². The Labute approximate surface area is 123 Å². The van der Waals surface area contributed by atoms with Crippen LogP contribution in [0.3, 0.4) is 0 Å². The van der Waals surface area contributed by atoms with Crippen LogP contribution in [0.5, 0.6) is 5.75 Å². The fraction of sp³-hybridized carbons (Fsp3) is 0.500. The summed E-state index contributed by atoms with van der Waals surface area (Å²) in [5.74, 6) is 0.305. The largest absolute Gasteiger partial charge is 0.497 e. The highest BCUT2D eigenvalue weighted by molar-refractivity contribution is 5.92. The van der Waals surface area contributed by atoms with Gasteiger partial charge in [-0.3, -0.25) is 4.79 Å². The van der Waals surface area contributed by atoms with Crippen LogP contribution in [0.1, 0.15) is 30.9 Å². The van der Waals surface area contributed by atoms with Crippen molar-refractivity contribution in [3.05, 3.63) is 29.3 Å². The first-order chi connectivity index (χ1) is 10.1. The number of hydrogen-bond acceptors (Lipinski definition) is 4. The number of carbonyl (C=O) groups is 2. The molecule has 0 saturated carbocycles. The number of ether oxygens (including phenoxy) is 2. The van der Waals surface area contributed by atoms with Crippen molar-refractivity contribution in [2.24, 2.45) is 0 Å². The Hall–Kier alpha value is -2.04. The van der Waals surface area contributed by atoms with Crippen LogP contribution in [0, 0.1) is 0 Å². The van der Waals surface area contributed by atoms with E-state index < -0.39 is 11.5 Å². The predicted molar refractivity (Wildman–Crippen MR) is 76.2 cm³/mol. The van der Waals surface area contributed by atoms with E-state index >= 15 is 0 Å². The van der Waals surface area contributed by atoms with E-state index in [1.54, 1.807) is 14.0 Å². The average Bonchev–Trinajstić information content (AvgIpc) is 3.01. The van der Waals surface area contributed by atoms with Crippen LogP contribution in [0.2, 0.25) is 0 Å². The Morgan fingerprint density at radius 3 is 3.00 bits per heavy atom. The summed E-state index contributed by atoms with van der Waals surface area (Å²) < 4.78 is 10.4. The minimum Gasteiger partial charge on any atom is -0.497 e. The third-order valence-electron chi connectivity index (χ3n) is 4.55. The fourth-order valence-electron chi connectivity index (χ4n) is 3.59. The van der Waals surface area contributed by atoms with E-state index in [1.807, 2.05) is 18.2 Å². The third kappa shape index (κ3) is 2.07. The van der Waals surface area contributed by atoms with Gasteiger partial charge in [0.25, 0.3) is 0 Å². The SMILES string of the molecule is CCOC(=O)C1NC(=O)CC12CCc1ccc(OC)cc12. The van der Waals surface area contributed by atoms with Crippen molar-refractivity contribution in [1.82, 2.24) is 5.32 Å². The Morgan fingerprint density at radius 2 is 2.29 bits per heavy atom. The first-order valence-electron chi connectivity index (χ1n) is 7.24. The number of hydrogen-bond donors (Lipinski definition) is 1. The van der Waals surface area contributed by atoms with E-state index in [9.17, 15) is 9.59 Å².